The average molecular weight is 351 g/mol. The van der Waals surface area contributed by atoms with E-state index in [-0.39, 0.29) is 24.3 Å². The third kappa shape index (κ3) is 3.27. The molecule has 1 aromatic carbocycles. The van der Waals surface area contributed by atoms with Crippen LogP contribution in [-0.2, 0) is 11.0 Å². The zero-order chi connectivity index (χ0) is 18.2. The number of carbonyl (C=O) groups is 1. The maximum Gasteiger partial charge on any atom is 0.416 e. The number of benzene rings is 1. The van der Waals surface area contributed by atoms with Crippen LogP contribution in [0.5, 0.6) is 0 Å². The molecule has 2 heterocycles. The molecule has 3 rings (SSSR count). The van der Waals surface area contributed by atoms with Crippen molar-refractivity contribution in [3.8, 4) is 0 Å². The summed E-state index contributed by atoms with van der Waals surface area (Å²) in [7, 11) is 0. The van der Waals surface area contributed by atoms with Crippen LogP contribution in [0, 0.1) is 0 Å². The van der Waals surface area contributed by atoms with Gasteiger partial charge in [-0.1, -0.05) is 26.0 Å². The SMILES string of the molecule is CCC(CC)n1ncc2c1NC(=O)CC2c1ccc(C(F)(F)F)cc1. The Labute approximate surface area is 144 Å². The summed E-state index contributed by atoms with van der Waals surface area (Å²) in [6.45, 7) is 4.11. The number of hydrogen-bond donors (Lipinski definition) is 1. The molecule has 1 atom stereocenters. The van der Waals surface area contributed by atoms with Gasteiger partial charge in [0.25, 0.3) is 0 Å². The molecule has 0 aliphatic carbocycles. The number of nitrogens with zero attached hydrogens (tertiary/aromatic N) is 2. The number of rotatable bonds is 4. The molecule has 1 N–H and O–H groups in total. The highest BCUT2D eigenvalue weighted by molar-refractivity contribution is 5.94. The first-order valence-electron chi connectivity index (χ1n) is 8.39. The topological polar surface area (TPSA) is 46.9 Å². The smallest absolute Gasteiger partial charge is 0.311 e. The zero-order valence-corrected chi connectivity index (χ0v) is 14.1. The van der Waals surface area contributed by atoms with E-state index in [2.05, 4.69) is 24.3 Å². The molecular weight excluding hydrogens is 331 g/mol. The molecule has 0 bridgehead atoms. The number of halogens is 3. The van der Waals surface area contributed by atoms with Gasteiger partial charge in [-0.2, -0.15) is 18.3 Å². The first-order chi connectivity index (χ1) is 11.8. The first kappa shape index (κ1) is 17.5. The van der Waals surface area contributed by atoms with Gasteiger partial charge in [-0.25, -0.2) is 4.68 Å². The largest absolute Gasteiger partial charge is 0.416 e. The standard InChI is InChI=1S/C18H20F3N3O/c1-3-13(4-2)24-17-15(10-22-24)14(9-16(25)23-17)11-5-7-12(8-6-11)18(19,20)21/h5-8,10,13-14H,3-4,9H2,1-2H3,(H,23,25). The van der Waals surface area contributed by atoms with Crippen molar-refractivity contribution < 1.29 is 18.0 Å². The number of fused-ring (bicyclic) bond motifs is 1. The van der Waals surface area contributed by atoms with Crippen molar-refractivity contribution >= 4 is 11.7 Å². The van der Waals surface area contributed by atoms with Crippen molar-refractivity contribution in [3.63, 3.8) is 0 Å². The van der Waals surface area contributed by atoms with Crippen molar-refractivity contribution in [1.29, 1.82) is 0 Å². The van der Waals surface area contributed by atoms with Crippen molar-refractivity contribution in [1.82, 2.24) is 9.78 Å². The second kappa shape index (κ2) is 6.54. The Bertz CT molecular complexity index is 761. The molecule has 4 nitrogen and oxygen atoms in total. The minimum Gasteiger partial charge on any atom is -0.311 e. The summed E-state index contributed by atoms with van der Waals surface area (Å²) in [6.07, 6.45) is -0.687. The number of anilines is 1. The van der Waals surface area contributed by atoms with Crippen LogP contribution in [0.3, 0.4) is 0 Å². The summed E-state index contributed by atoms with van der Waals surface area (Å²) in [4.78, 5) is 12.2. The van der Waals surface area contributed by atoms with E-state index in [0.29, 0.717) is 11.4 Å². The monoisotopic (exact) mass is 351 g/mol. The van der Waals surface area contributed by atoms with E-state index < -0.39 is 11.7 Å². The molecule has 134 valence electrons. The summed E-state index contributed by atoms with van der Waals surface area (Å²) in [6, 6.07) is 5.20. The van der Waals surface area contributed by atoms with Crippen LogP contribution in [0.2, 0.25) is 0 Å². The molecule has 0 radical (unpaired) electrons. The Morgan fingerprint density at radius 3 is 2.44 bits per heavy atom. The minimum atomic E-state index is -4.37. The van der Waals surface area contributed by atoms with E-state index in [1.165, 1.54) is 12.1 Å². The van der Waals surface area contributed by atoms with Gasteiger partial charge in [-0.3, -0.25) is 4.79 Å². The van der Waals surface area contributed by atoms with Crippen molar-refractivity contribution in [3.05, 3.63) is 47.2 Å². The molecule has 0 saturated heterocycles. The van der Waals surface area contributed by atoms with E-state index in [9.17, 15) is 18.0 Å². The highest BCUT2D eigenvalue weighted by Crippen LogP contribution is 2.39. The molecular formula is C18H20F3N3O. The minimum absolute atomic E-state index is 0.148. The predicted molar refractivity (Wildman–Crippen MR) is 88.4 cm³/mol. The molecule has 0 fully saturated rings. The van der Waals surface area contributed by atoms with Crippen molar-refractivity contribution in [2.24, 2.45) is 0 Å². The lowest BCUT2D eigenvalue weighted by Gasteiger charge is -2.26. The number of aromatic nitrogens is 2. The lowest BCUT2D eigenvalue weighted by atomic mass is 9.87. The third-order valence-electron chi connectivity index (χ3n) is 4.78. The summed E-state index contributed by atoms with van der Waals surface area (Å²) in [5.74, 6) is 0.231. The second-order valence-electron chi connectivity index (χ2n) is 6.29. The second-order valence-corrected chi connectivity index (χ2v) is 6.29. The highest BCUT2D eigenvalue weighted by Gasteiger charge is 2.33. The molecule has 1 aliphatic rings. The summed E-state index contributed by atoms with van der Waals surface area (Å²) < 4.78 is 40.1. The highest BCUT2D eigenvalue weighted by atomic mass is 19.4. The summed E-state index contributed by atoms with van der Waals surface area (Å²) >= 11 is 0. The molecule has 2 aromatic rings. The number of carbonyl (C=O) groups excluding carboxylic acids is 1. The van der Waals surface area contributed by atoms with Gasteiger partial charge >= 0.3 is 6.18 Å². The van der Waals surface area contributed by atoms with Crippen LogP contribution in [0.15, 0.2) is 30.5 Å². The Morgan fingerprint density at radius 2 is 1.88 bits per heavy atom. The molecule has 1 aliphatic heterocycles. The quantitative estimate of drug-likeness (QED) is 0.865. The van der Waals surface area contributed by atoms with Crippen LogP contribution in [0.25, 0.3) is 0 Å². The van der Waals surface area contributed by atoms with Crippen LogP contribution < -0.4 is 5.32 Å². The van der Waals surface area contributed by atoms with E-state index in [1.54, 1.807) is 6.20 Å². The van der Waals surface area contributed by atoms with E-state index in [4.69, 9.17) is 0 Å². The maximum atomic E-state index is 12.8. The zero-order valence-electron chi connectivity index (χ0n) is 14.1. The molecule has 25 heavy (non-hydrogen) atoms. The van der Waals surface area contributed by atoms with Crippen molar-refractivity contribution in [2.45, 2.75) is 51.2 Å². The number of amides is 1. The fourth-order valence-corrected chi connectivity index (χ4v) is 3.35. The molecule has 1 amide bonds. The molecule has 7 heteroatoms. The molecule has 1 aromatic heterocycles. The Hall–Kier alpha value is -2.31. The van der Waals surface area contributed by atoms with Gasteiger partial charge in [0.05, 0.1) is 17.8 Å². The number of nitrogens with one attached hydrogen (secondary N) is 1. The Balaban J connectivity index is 1.99. The maximum absolute atomic E-state index is 12.8. The van der Waals surface area contributed by atoms with Crippen LogP contribution in [0.1, 0.15) is 61.8 Å². The van der Waals surface area contributed by atoms with Crippen LogP contribution in [0.4, 0.5) is 19.0 Å². The van der Waals surface area contributed by atoms with Gasteiger partial charge in [0.2, 0.25) is 5.91 Å². The van der Waals surface area contributed by atoms with Crippen LogP contribution >= 0.6 is 0 Å². The summed E-state index contributed by atoms with van der Waals surface area (Å²) in [5.41, 5.74) is 0.851. The van der Waals surface area contributed by atoms with Crippen molar-refractivity contribution in [2.75, 3.05) is 5.32 Å². The lowest BCUT2D eigenvalue weighted by Crippen LogP contribution is -2.26. The Morgan fingerprint density at radius 1 is 1.24 bits per heavy atom. The normalized spacial score (nSPS) is 17.5. The van der Waals surface area contributed by atoms with Gasteiger partial charge < -0.3 is 5.32 Å². The molecule has 1 unspecified atom stereocenters. The van der Waals surface area contributed by atoms with Gasteiger partial charge in [0.15, 0.2) is 0 Å². The van der Waals surface area contributed by atoms with Gasteiger partial charge in [-0.05, 0) is 30.5 Å². The summed E-state index contributed by atoms with van der Waals surface area (Å²) in [5, 5.41) is 7.30. The first-order valence-corrected chi connectivity index (χ1v) is 8.39. The van der Waals surface area contributed by atoms with Gasteiger partial charge in [0, 0.05) is 17.9 Å². The number of hydrogen-bond acceptors (Lipinski definition) is 2. The number of alkyl halides is 3. The predicted octanol–water partition coefficient (Wildman–Crippen LogP) is 4.74. The van der Waals surface area contributed by atoms with E-state index in [0.717, 1.165) is 30.5 Å². The van der Waals surface area contributed by atoms with Gasteiger partial charge in [-0.15, -0.1) is 0 Å². The average Bonchev–Trinajstić information content (AvgIpc) is 2.98. The molecule has 0 saturated carbocycles. The fourth-order valence-electron chi connectivity index (χ4n) is 3.35. The van der Waals surface area contributed by atoms with E-state index in [1.807, 2.05) is 4.68 Å². The third-order valence-corrected chi connectivity index (χ3v) is 4.78. The lowest BCUT2D eigenvalue weighted by molar-refractivity contribution is -0.137. The van der Waals surface area contributed by atoms with Crippen LogP contribution in [-0.4, -0.2) is 15.7 Å². The fraction of sp³-hybridized carbons (Fsp3) is 0.444. The molecule has 0 spiro atoms. The Kier molecular flexibility index (Phi) is 4.58. The van der Waals surface area contributed by atoms with E-state index >= 15 is 0 Å². The van der Waals surface area contributed by atoms with Gasteiger partial charge in [0.1, 0.15) is 5.82 Å².